The molecular weight excluding hydrogens is 568 g/mol. The summed E-state index contributed by atoms with van der Waals surface area (Å²) in [6.07, 6.45) is 1.55. The maximum Gasteiger partial charge on any atom is 0.271 e. The van der Waals surface area contributed by atoms with Crippen LogP contribution in [0.5, 0.6) is 0 Å². The molecule has 10 heteroatoms. The van der Waals surface area contributed by atoms with E-state index in [1.807, 2.05) is 55.5 Å². The van der Waals surface area contributed by atoms with Crippen LogP contribution in [0.1, 0.15) is 44.1 Å². The van der Waals surface area contributed by atoms with Crippen molar-refractivity contribution in [2.75, 3.05) is 4.90 Å². The van der Waals surface area contributed by atoms with Crippen LogP contribution in [0.3, 0.4) is 0 Å². The smallest absolute Gasteiger partial charge is 0.271 e. The summed E-state index contributed by atoms with van der Waals surface area (Å²) in [4.78, 5) is 53.7. The molecule has 8 rings (SSSR count). The van der Waals surface area contributed by atoms with Gasteiger partial charge in [0, 0.05) is 34.9 Å². The van der Waals surface area contributed by atoms with Gasteiger partial charge < -0.3 is 0 Å². The van der Waals surface area contributed by atoms with Crippen molar-refractivity contribution in [2.45, 2.75) is 18.3 Å². The van der Waals surface area contributed by atoms with Crippen LogP contribution < -0.4 is 10.3 Å². The van der Waals surface area contributed by atoms with Crippen LogP contribution in [0.25, 0.3) is 0 Å². The number of amides is 3. The van der Waals surface area contributed by atoms with Crippen LogP contribution in [0.15, 0.2) is 96.1 Å². The highest BCUT2D eigenvalue weighted by atomic mass is 35.5. The van der Waals surface area contributed by atoms with Gasteiger partial charge >= 0.3 is 0 Å². The van der Waals surface area contributed by atoms with Crippen LogP contribution in [0, 0.1) is 28.9 Å². The van der Waals surface area contributed by atoms with E-state index in [-0.39, 0.29) is 29.0 Å². The first kappa shape index (κ1) is 26.7. The number of nitrogens with zero attached hydrogens (tertiary/aromatic N) is 3. The predicted molar refractivity (Wildman–Crippen MR) is 160 cm³/mol. The van der Waals surface area contributed by atoms with E-state index >= 15 is 0 Å². The van der Waals surface area contributed by atoms with Crippen molar-refractivity contribution in [1.82, 2.24) is 5.43 Å². The molecule has 2 bridgehead atoms. The van der Waals surface area contributed by atoms with Gasteiger partial charge in [0.25, 0.3) is 11.6 Å². The number of anilines is 1. The molecule has 1 saturated heterocycles. The van der Waals surface area contributed by atoms with Gasteiger partial charge in [-0.2, -0.15) is 5.10 Å². The third-order valence-electron chi connectivity index (χ3n) is 8.85. The largest absolute Gasteiger partial charge is 0.274 e. The minimum atomic E-state index is -1.18. The molecule has 1 fully saturated rings. The first-order chi connectivity index (χ1) is 20.7. The molecule has 9 nitrogen and oxygen atoms in total. The summed E-state index contributed by atoms with van der Waals surface area (Å²) in [6.45, 7) is 1.83. The van der Waals surface area contributed by atoms with Gasteiger partial charge in [-0.05, 0) is 52.9 Å². The monoisotopic (exact) mass is 590 g/mol. The highest BCUT2D eigenvalue weighted by Gasteiger charge is 2.68. The van der Waals surface area contributed by atoms with Crippen molar-refractivity contribution in [1.29, 1.82) is 0 Å². The van der Waals surface area contributed by atoms with Crippen molar-refractivity contribution in [3.63, 3.8) is 0 Å². The molecule has 2 atom stereocenters. The summed E-state index contributed by atoms with van der Waals surface area (Å²) in [5, 5.41) is 16.0. The normalized spacial score (nSPS) is 23.2. The number of rotatable bonds is 5. The minimum absolute atomic E-state index is 0.0598. The zero-order chi connectivity index (χ0) is 30.0. The van der Waals surface area contributed by atoms with E-state index in [4.69, 9.17) is 11.6 Å². The zero-order valence-electron chi connectivity index (χ0n) is 22.7. The maximum atomic E-state index is 14.5. The fourth-order valence-electron chi connectivity index (χ4n) is 7.13. The first-order valence-corrected chi connectivity index (χ1v) is 14.0. The molecule has 43 heavy (non-hydrogen) atoms. The SMILES string of the molecule is Cc1ccc(Cl)cc1N1C(=O)[C@H]2C3c4ccccc4C(/C=N\NC(=O)c4cccc([N+](=O)[O-])c4)(c4ccccc43)[C@H]2C1=O. The molecule has 1 N–H and O–H groups in total. The van der Waals surface area contributed by atoms with Gasteiger partial charge in [0.15, 0.2) is 0 Å². The number of carbonyl (C=O) groups excluding carboxylic acids is 3. The number of imide groups is 1. The number of nitro benzene ring substituents is 1. The van der Waals surface area contributed by atoms with Crippen molar-refractivity contribution >= 4 is 46.9 Å². The van der Waals surface area contributed by atoms with E-state index in [1.165, 1.54) is 29.2 Å². The number of aryl methyl sites for hydroxylation is 1. The van der Waals surface area contributed by atoms with Crippen LogP contribution in [-0.2, 0) is 15.0 Å². The Labute approximate surface area is 250 Å². The van der Waals surface area contributed by atoms with Gasteiger partial charge in [-0.3, -0.25) is 24.5 Å². The molecule has 0 saturated carbocycles. The van der Waals surface area contributed by atoms with E-state index < -0.39 is 28.1 Å². The molecule has 3 amide bonds. The molecule has 4 aromatic rings. The highest BCUT2D eigenvalue weighted by Crippen LogP contribution is 2.63. The Balaban J connectivity index is 1.39. The van der Waals surface area contributed by atoms with E-state index in [0.29, 0.717) is 10.7 Å². The average molecular weight is 591 g/mol. The van der Waals surface area contributed by atoms with Gasteiger partial charge in [-0.25, -0.2) is 10.3 Å². The Morgan fingerprint density at radius 2 is 1.63 bits per heavy atom. The van der Waals surface area contributed by atoms with Gasteiger partial charge in [0.05, 0.1) is 27.9 Å². The topological polar surface area (TPSA) is 122 Å². The molecule has 0 unspecified atom stereocenters. The van der Waals surface area contributed by atoms with Crippen LogP contribution in [-0.4, -0.2) is 28.9 Å². The Bertz CT molecular complexity index is 1870. The molecule has 0 aromatic heterocycles. The second-order valence-corrected chi connectivity index (χ2v) is 11.4. The second kappa shape index (κ2) is 9.71. The van der Waals surface area contributed by atoms with Gasteiger partial charge in [-0.1, -0.05) is 72.3 Å². The Kier molecular flexibility index (Phi) is 6.03. The van der Waals surface area contributed by atoms with Gasteiger partial charge in [-0.15, -0.1) is 0 Å². The lowest BCUT2D eigenvalue weighted by Crippen LogP contribution is -2.54. The quantitative estimate of drug-likeness (QED) is 0.142. The standard InChI is InChI=1S/C33H23ClN4O5/c1-18-13-14-20(34)16-26(18)37-31(40)28-27-22-9-2-4-11-24(22)33(29(28)32(37)41,25-12-5-3-10-23(25)27)17-35-36-30(39)19-7-6-8-21(15-19)38(42)43/h2-17,27-29H,1H3,(H,36,39)/b35-17-/t27?,28-,29+,33?/m0/s1. The lowest BCUT2D eigenvalue weighted by molar-refractivity contribution is -0.384. The van der Waals surface area contributed by atoms with Crippen LogP contribution in [0.2, 0.25) is 5.02 Å². The number of hydrogen-bond acceptors (Lipinski definition) is 6. The summed E-state index contributed by atoms with van der Waals surface area (Å²) >= 11 is 6.31. The van der Waals surface area contributed by atoms with Gasteiger partial charge in [0.1, 0.15) is 0 Å². The van der Waals surface area contributed by atoms with E-state index in [9.17, 15) is 24.5 Å². The fourth-order valence-corrected chi connectivity index (χ4v) is 7.29. The molecular formula is C33H23ClN4O5. The second-order valence-electron chi connectivity index (χ2n) is 11.0. The maximum absolute atomic E-state index is 14.5. The highest BCUT2D eigenvalue weighted by molar-refractivity contribution is 6.31. The number of carbonyl (C=O) groups is 3. The van der Waals surface area contributed by atoms with Crippen LogP contribution >= 0.6 is 11.6 Å². The molecule has 212 valence electrons. The van der Waals surface area contributed by atoms with Crippen molar-refractivity contribution in [2.24, 2.45) is 16.9 Å². The first-order valence-electron chi connectivity index (χ1n) is 13.7. The molecule has 4 aromatic carbocycles. The number of benzene rings is 4. The summed E-state index contributed by atoms with van der Waals surface area (Å²) in [5.41, 5.74) is 5.83. The number of hydrazone groups is 1. The summed E-state index contributed by atoms with van der Waals surface area (Å²) < 4.78 is 0. The fraction of sp³-hybridized carbons (Fsp3) is 0.152. The Hall–Kier alpha value is -5.15. The Morgan fingerprint density at radius 1 is 0.953 bits per heavy atom. The van der Waals surface area contributed by atoms with Crippen molar-refractivity contribution in [3.05, 3.63) is 140 Å². The Morgan fingerprint density at radius 3 is 2.30 bits per heavy atom. The summed E-state index contributed by atoms with van der Waals surface area (Å²) in [5.74, 6) is -3.24. The van der Waals surface area contributed by atoms with E-state index in [2.05, 4.69) is 10.5 Å². The molecule has 0 radical (unpaired) electrons. The van der Waals surface area contributed by atoms with E-state index in [1.54, 1.807) is 24.4 Å². The number of nitro groups is 1. The van der Waals surface area contributed by atoms with Crippen molar-refractivity contribution in [3.8, 4) is 0 Å². The molecule has 4 aliphatic rings. The number of non-ortho nitro benzene ring substituents is 1. The third-order valence-corrected chi connectivity index (χ3v) is 9.08. The zero-order valence-corrected chi connectivity index (χ0v) is 23.5. The number of halogens is 1. The molecule has 1 aliphatic heterocycles. The minimum Gasteiger partial charge on any atom is -0.274 e. The lowest BCUT2D eigenvalue weighted by atomic mass is 9.47. The number of hydrogen-bond donors (Lipinski definition) is 1. The summed E-state index contributed by atoms with van der Waals surface area (Å²) in [7, 11) is 0. The lowest BCUT2D eigenvalue weighted by Gasteiger charge is -2.52. The van der Waals surface area contributed by atoms with Crippen LogP contribution in [0.4, 0.5) is 11.4 Å². The van der Waals surface area contributed by atoms with E-state index in [0.717, 1.165) is 27.8 Å². The van der Waals surface area contributed by atoms with Crippen molar-refractivity contribution < 1.29 is 19.3 Å². The number of nitrogens with one attached hydrogen (secondary N) is 1. The van der Waals surface area contributed by atoms with Gasteiger partial charge in [0.2, 0.25) is 11.8 Å². The molecule has 0 spiro atoms. The predicted octanol–water partition coefficient (Wildman–Crippen LogP) is 5.52. The third kappa shape index (κ3) is 3.78. The summed E-state index contributed by atoms with van der Waals surface area (Å²) in [6, 6.07) is 25.9. The average Bonchev–Trinajstić information content (AvgIpc) is 3.29. The molecule has 1 heterocycles. The molecule has 3 aliphatic carbocycles.